The fraction of sp³-hybridized carbons (Fsp3) is 0.238. The van der Waals surface area contributed by atoms with Crippen molar-refractivity contribution in [2.24, 2.45) is 0 Å². The first kappa shape index (κ1) is 17.9. The molecular formula is C21H20N2O5. The molecule has 1 aliphatic heterocycles. The van der Waals surface area contributed by atoms with E-state index in [0.29, 0.717) is 23.5 Å². The maximum atomic E-state index is 12.8. The highest BCUT2D eigenvalue weighted by atomic mass is 16.6. The van der Waals surface area contributed by atoms with E-state index in [-0.39, 0.29) is 12.5 Å². The van der Waals surface area contributed by atoms with Crippen LogP contribution in [0.5, 0.6) is 11.5 Å². The van der Waals surface area contributed by atoms with Crippen LogP contribution in [-0.4, -0.2) is 42.2 Å². The molecule has 0 spiro atoms. The van der Waals surface area contributed by atoms with Gasteiger partial charge in [-0.25, -0.2) is 9.69 Å². The summed E-state index contributed by atoms with van der Waals surface area (Å²) in [6.45, 7) is 0.0929. The van der Waals surface area contributed by atoms with Crippen LogP contribution in [0.2, 0.25) is 0 Å². The van der Waals surface area contributed by atoms with E-state index in [0.717, 1.165) is 21.4 Å². The molecule has 0 saturated carbocycles. The first-order valence-corrected chi connectivity index (χ1v) is 8.88. The maximum absolute atomic E-state index is 12.8. The number of hydrogen-bond acceptors (Lipinski definition) is 5. The number of rotatable bonds is 6. The van der Waals surface area contributed by atoms with Crippen LogP contribution in [0.1, 0.15) is 11.1 Å². The lowest BCUT2D eigenvalue weighted by Gasteiger charge is -2.13. The predicted octanol–water partition coefficient (Wildman–Crippen LogP) is 3.28. The van der Waals surface area contributed by atoms with Gasteiger partial charge in [0.1, 0.15) is 11.5 Å². The number of ether oxygens (including phenoxy) is 3. The van der Waals surface area contributed by atoms with Gasteiger partial charge in [0.2, 0.25) is 0 Å². The maximum Gasteiger partial charge on any atom is 0.417 e. The Kier molecular flexibility index (Phi) is 4.65. The molecule has 1 aromatic heterocycles. The summed E-state index contributed by atoms with van der Waals surface area (Å²) in [5.41, 5.74) is 2.63. The normalized spacial score (nSPS) is 16.5. The molecular weight excluding hydrogens is 360 g/mol. The molecule has 0 bridgehead atoms. The van der Waals surface area contributed by atoms with E-state index < -0.39 is 12.2 Å². The zero-order chi connectivity index (χ0) is 19.7. The van der Waals surface area contributed by atoms with Crippen LogP contribution in [0.4, 0.5) is 4.79 Å². The molecule has 1 unspecified atom stereocenters. The number of hydrogen-bond donors (Lipinski definition) is 1. The standard InChI is InChI=1S/C21H20N2O5/c1-26-15-7-13(8-16(10-15)27-2)12-23-20(24)19(28-21(23)25)9-14-11-22-18-6-4-3-5-17(14)18/h3-8,10-11,19,22H,9,12H2,1-2H3. The number of aromatic nitrogens is 1. The number of amides is 2. The Morgan fingerprint density at radius 1 is 1.07 bits per heavy atom. The third-order valence-corrected chi connectivity index (χ3v) is 4.84. The zero-order valence-electron chi connectivity index (χ0n) is 15.6. The summed E-state index contributed by atoms with van der Waals surface area (Å²) in [5, 5.41) is 1.02. The number of carbonyl (C=O) groups is 2. The van der Waals surface area contributed by atoms with Crippen molar-refractivity contribution in [1.29, 1.82) is 0 Å². The minimum Gasteiger partial charge on any atom is -0.497 e. The van der Waals surface area contributed by atoms with E-state index in [2.05, 4.69) is 4.98 Å². The summed E-state index contributed by atoms with van der Waals surface area (Å²) >= 11 is 0. The van der Waals surface area contributed by atoms with Gasteiger partial charge in [-0.1, -0.05) is 18.2 Å². The number of cyclic esters (lactones) is 1. The molecule has 7 heteroatoms. The Labute approximate surface area is 161 Å². The van der Waals surface area contributed by atoms with Crippen molar-refractivity contribution in [2.45, 2.75) is 19.1 Å². The topological polar surface area (TPSA) is 80.9 Å². The lowest BCUT2D eigenvalue weighted by molar-refractivity contribution is -0.130. The number of benzene rings is 2. The summed E-state index contributed by atoms with van der Waals surface area (Å²) in [5.74, 6) is 0.825. The molecule has 7 nitrogen and oxygen atoms in total. The van der Waals surface area contributed by atoms with Gasteiger partial charge in [0.25, 0.3) is 5.91 Å². The average molecular weight is 380 g/mol. The number of H-pyrrole nitrogens is 1. The smallest absolute Gasteiger partial charge is 0.417 e. The number of para-hydroxylation sites is 1. The van der Waals surface area contributed by atoms with Gasteiger partial charge in [-0.3, -0.25) is 4.79 Å². The molecule has 1 atom stereocenters. The summed E-state index contributed by atoms with van der Waals surface area (Å²) < 4.78 is 15.8. The van der Waals surface area contributed by atoms with Crippen molar-refractivity contribution >= 4 is 22.9 Å². The number of imide groups is 1. The Balaban J connectivity index is 1.53. The SMILES string of the molecule is COc1cc(CN2C(=O)OC(Cc3c[nH]c4ccccc34)C2=O)cc(OC)c1. The van der Waals surface area contributed by atoms with Gasteiger partial charge in [-0.2, -0.15) is 0 Å². The molecule has 1 fully saturated rings. The van der Waals surface area contributed by atoms with Crippen LogP contribution < -0.4 is 9.47 Å². The van der Waals surface area contributed by atoms with Crippen LogP contribution in [-0.2, 0) is 22.5 Å². The van der Waals surface area contributed by atoms with Gasteiger partial charge in [-0.15, -0.1) is 0 Å². The van der Waals surface area contributed by atoms with Gasteiger partial charge in [0.15, 0.2) is 6.10 Å². The highest BCUT2D eigenvalue weighted by molar-refractivity contribution is 6.00. The van der Waals surface area contributed by atoms with Crippen LogP contribution in [0.3, 0.4) is 0 Å². The zero-order valence-corrected chi connectivity index (χ0v) is 15.6. The predicted molar refractivity (Wildman–Crippen MR) is 102 cm³/mol. The fourth-order valence-electron chi connectivity index (χ4n) is 3.41. The molecule has 1 saturated heterocycles. The molecule has 3 aromatic rings. The summed E-state index contributed by atoms with van der Waals surface area (Å²) in [6.07, 6.45) is 0.698. The van der Waals surface area contributed by atoms with E-state index in [4.69, 9.17) is 14.2 Å². The second kappa shape index (κ2) is 7.26. The quantitative estimate of drug-likeness (QED) is 0.710. The summed E-state index contributed by atoms with van der Waals surface area (Å²) in [6, 6.07) is 13.1. The van der Waals surface area contributed by atoms with Crippen molar-refractivity contribution in [2.75, 3.05) is 14.2 Å². The number of aromatic amines is 1. The molecule has 2 amide bonds. The molecule has 4 rings (SSSR count). The number of nitrogens with one attached hydrogen (secondary N) is 1. The van der Waals surface area contributed by atoms with Crippen LogP contribution in [0.25, 0.3) is 10.9 Å². The fourth-order valence-corrected chi connectivity index (χ4v) is 3.41. The van der Waals surface area contributed by atoms with E-state index >= 15 is 0 Å². The minimum absolute atomic E-state index is 0.0929. The van der Waals surface area contributed by atoms with Crippen molar-refractivity contribution in [1.82, 2.24) is 9.88 Å². The Morgan fingerprint density at radius 3 is 2.50 bits per heavy atom. The highest BCUT2D eigenvalue weighted by Gasteiger charge is 2.40. The number of fused-ring (bicyclic) bond motifs is 1. The summed E-state index contributed by atoms with van der Waals surface area (Å²) in [4.78, 5) is 29.4. The van der Waals surface area contributed by atoms with Crippen molar-refractivity contribution < 1.29 is 23.8 Å². The van der Waals surface area contributed by atoms with Crippen molar-refractivity contribution in [3.05, 3.63) is 59.8 Å². The van der Waals surface area contributed by atoms with Crippen molar-refractivity contribution in [3.8, 4) is 11.5 Å². The Morgan fingerprint density at radius 2 is 1.79 bits per heavy atom. The molecule has 144 valence electrons. The molecule has 28 heavy (non-hydrogen) atoms. The number of methoxy groups -OCH3 is 2. The molecule has 1 aliphatic rings. The van der Waals surface area contributed by atoms with E-state index in [1.807, 2.05) is 30.5 Å². The van der Waals surface area contributed by atoms with Crippen LogP contribution in [0, 0.1) is 0 Å². The highest BCUT2D eigenvalue weighted by Crippen LogP contribution is 2.27. The number of nitrogens with zero attached hydrogens (tertiary/aromatic N) is 1. The molecule has 0 radical (unpaired) electrons. The van der Waals surface area contributed by atoms with Gasteiger partial charge >= 0.3 is 6.09 Å². The van der Waals surface area contributed by atoms with Gasteiger partial charge < -0.3 is 19.2 Å². The molecule has 2 heterocycles. The van der Waals surface area contributed by atoms with Crippen LogP contribution in [0.15, 0.2) is 48.7 Å². The molecule has 0 aliphatic carbocycles. The van der Waals surface area contributed by atoms with Gasteiger partial charge in [-0.05, 0) is 29.3 Å². The van der Waals surface area contributed by atoms with Gasteiger partial charge in [0.05, 0.1) is 20.8 Å². The third kappa shape index (κ3) is 3.26. The number of carbonyl (C=O) groups excluding carboxylic acids is 2. The lowest BCUT2D eigenvalue weighted by atomic mass is 10.1. The first-order valence-electron chi connectivity index (χ1n) is 8.88. The first-order chi connectivity index (χ1) is 13.6. The molecule has 1 N–H and O–H groups in total. The average Bonchev–Trinajstić information content (AvgIpc) is 3.24. The second-order valence-electron chi connectivity index (χ2n) is 6.58. The van der Waals surface area contributed by atoms with E-state index in [9.17, 15) is 9.59 Å². The minimum atomic E-state index is -0.834. The monoisotopic (exact) mass is 380 g/mol. The third-order valence-electron chi connectivity index (χ3n) is 4.84. The molecule has 2 aromatic carbocycles. The largest absolute Gasteiger partial charge is 0.497 e. The van der Waals surface area contributed by atoms with E-state index in [1.165, 1.54) is 0 Å². The van der Waals surface area contributed by atoms with Crippen LogP contribution >= 0.6 is 0 Å². The van der Waals surface area contributed by atoms with Gasteiger partial charge in [0, 0.05) is 29.6 Å². The van der Waals surface area contributed by atoms with E-state index in [1.54, 1.807) is 32.4 Å². The Bertz CT molecular complexity index is 1020. The lowest BCUT2D eigenvalue weighted by Crippen LogP contribution is -2.31. The second-order valence-corrected chi connectivity index (χ2v) is 6.58. The Hall–Kier alpha value is -3.48. The summed E-state index contributed by atoms with van der Waals surface area (Å²) in [7, 11) is 3.09. The van der Waals surface area contributed by atoms with Crippen molar-refractivity contribution in [3.63, 3.8) is 0 Å².